The topological polar surface area (TPSA) is 42.0 Å². The van der Waals surface area contributed by atoms with Crippen molar-refractivity contribution in [3.8, 4) is 0 Å². The van der Waals surface area contributed by atoms with E-state index in [4.69, 9.17) is 0 Å². The zero-order valence-corrected chi connectivity index (χ0v) is 12.8. The lowest BCUT2D eigenvalue weighted by Gasteiger charge is -2.06. The number of hydrogen-bond acceptors (Lipinski definition) is 2. The van der Waals surface area contributed by atoms with Crippen LogP contribution in [0, 0.1) is 5.82 Å². The molecule has 1 N–H and O–H groups in total. The molecule has 1 heterocycles. The average Bonchev–Trinajstić information content (AvgIpc) is 2.40. The van der Waals surface area contributed by atoms with E-state index in [1.165, 1.54) is 12.3 Å². The molecule has 98 valence electrons. The maximum Gasteiger partial charge on any atom is 0.270 e. The number of carbonyl (C=O) groups excluding carboxylic acids is 1. The second-order valence-corrected chi connectivity index (χ2v) is 5.61. The van der Waals surface area contributed by atoms with Gasteiger partial charge in [-0.1, -0.05) is 15.9 Å². The molecule has 19 heavy (non-hydrogen) atoms. The summed E-state index contributed by atoms with van der Waals surface area (Å²) in [5.41, 5.74) is 0.707. The quantitative estimate of drug-likeness (QED) is 0.872. The first-order valence-electron chi connectivity index (χ1n) is 5.40. The monoisotopic (exact) mass is 386 g/mol. The Morgan fingerprint density at radius 1 is 1.21 bits per heavy atom. The smallest absolute Gasteiger partial charge is 0.270 e. The molecule has 0 saturated heterocycles. The number of amides is 1. The maximum atomic E-state index is 13.5. The summed E-state index contributed by atoms with van der Waals surface area (Å²) in [6, 6.07) is 7.91. The van der Waals surface area contributed by atoms with Crippen LogP contribution in [0.15, 0.2) is 45.5 Å². The third kappa shape index (κ3) is 3.84. The normalized spacial score (nSPS) is 10.3. The van der Waals surface area contributed by atoms with Gasteiger partial charge in [0.15, 0.2) is 0 Å². The van der Waals surface area contributed by atoms with Crippen LogP contribution in [0.4, 0.5) is 4.39 Å². The predicted octanol–water partition coefficient (Wildman–Crippen LogP) is 3.68. The first kappa shape index (κ1) is 14.1. The molecular weight excluding hydrogens is 379 g/mol. The van der Waals surface area contributed by atoms with Crippen LogP contribution >= 0.6 is 31.9 Å². The van der Waals surface area contributed by atoms with Crippen molar-refractivity contribution in [3.05, 3.63) is 62.5 Å². The van der Waals surface area contributed by atoms with E-state index >= 15 is 0 Å². The lowest BCUT2D eigenvalue weighted by Crippen LogP contribution is -2.24. The summed E-state index contributed by atoms with van der Waals surface area (Å²) >= 11 is 6.50. The summed E-state index contributed by atoms with van der Waals surface area (Å²) in [6.07, 6.45) is 1.54. The second kappa shape index (κ2) is 6.25. The number of rotatable bonds is 3. The van der Waals surface area contributed by atoms with Crippen LogP contribution in [-0.4, -0.2) is 10.9 Å². The van der Waals surface area contributed by atoms with Crippen LogP contribution in [0.25, 0.3) is 0 Å². The van der Waals surface area contributed by atoms with E-state index in [2.05, 4.69) is 42.2 Å². The molecule has 0 atom stereocenters. The van der Waals surface area contributed by atoms with E-state index < -0.39 is 0 Å². The zero-order valence-electron chi connectivity index (χ0n) is 9.66. The Hall–Kier alpha value is -1.27. The van der Waals surface area contributed by atoms with Crippen molar-refractivity contribution < 1.29 is 9.18 Å². The average molecular weight is 388 g/mol. The summed E-state index contributed by atoms with van der Waals surface area (Å²) in [6.45, 7) is 0.113. The van der Waals surface area contributed by atoms with Gasteiger partial charge < -0.3 is 5.32 Å². The van der Waals surface area contributed by atoms with Gasteiger partial charge in [-0.25, -0.2) is 9.37 Å². The SMILES string of the molecule is O=C(NCc1cc(Br)ccc1F)c1ccc(Br)cn1. The molecule has 0 spiro atoms. The summed E-state index contributed by atoms with van der Waals surface area (Å²) in [7, 11) is 0. The molecule has 6 heteroatoms. The highest BCUT2D eigenvalue weighted by molar-refractivity contribution is 9.10. The lowest BCUT2D eigenvalue weighted by molar-refractivity contribution is 0.0945. The van der Waals surface area contributed by atoms with Crippen molar-refractivity contribution in [2.75, 3.05) is 0 Å². The fourth-order valence-electron chi connectivity index (χ4n) is 1.45. The third-order valence-electron chi connectivity index (χ3n) is 2.41. The molecule has 0 bridgehead atoms. The highest BCUT2D eigenvalue weighted by Gasteiger charge is 2.08. The molecule has 1 amide bonds. The van der Waals surface area contributed by atoms with Crippen molar-refractivity contribution in [1.29, 1.82) is 0 Å². The number of carbonyl (C=O) groups is 1. The van der Waals surface area contributed by atoms with Crippen molar-refractivity contribution in [3.63, 3.8) is 0 Å². The molecule has 1 aromatic carbocycles. The van der Waals surface area contributed by atoms with Crippen LogP contribution in [0.2, 0.25) is 0 Å². The zero-order chi connectivity index (χ0) is 13.8. The van der Waals surface area contributed by atoms with Gasteiger partial charge in [0.1, 0.15) is 11.5 Å². The summed E-state index contributed by atoms with van der Waals surface area (Å²) in [4.78, 5) is 15.8. The molecule has 2 aromatic rings. The standard InChI is InChI=1S/C13H9Br2FN2O/c14-9-1-3-11(16)8(5-9)6-18-13(19)12-4-2-10(15)7-17-12/h1-5,7H,6H2,(H,18,19). The number of halogens is 3. The minimum atomic E-state index is -0.354. The molecule has 1 aromatic heterocycles. The summed E-state index contributed by atoms with van der Waals surface area (Å²) in [5.74, 6) is -0.695. The molecule has 0 aliphatic carbocycles. The van der Waals surface area contributed by atoms with E-state index in [9.17, 15) is 9.18 Å². The Morgan fingerprint density at radius 2 is 1.95 bits per heavy atom. The fourth-order valence-corrected chi connectivity index (χ4v) is 2.10. The van der Waals surface area contributed by atoms with Crippen LogP contribution in [0.3, 0.4) is 0 Å². The number of hydrogen-bond donors (Lipinski definition) is 1. The van der Waals surface area contributed by atoms with Gasteiger partial charge in [-0.05, 0) is 46.3 Å². The summed E-state index contributed by atoms with van der Waals surface area (Å²) in [5, 5.41) is 2.63. The first-order chi connectivity index (χ1) is 9.06. The number of aromatic nitrogens is 1. The second-order valence-electron chi connectivity index (χ2n) is 3.78. The molecule has 0 fully saturated rings. The van der Waals surface area contributed by atoms with Crippen LogP contribution in [-0.2, 0) is 6.54 Å². The van der Waals surface area contributed by atoms with Gasteiger partial charge in [0.25, 0.3) is 5.91 Å². The van der Waals surface area contributed by atoms with E-state index in [0.717, 1.165) is 8.95 Å². The van der Waals surface area contributed by atoms with Crippen molar-refractivity contribution in [1.82, 2.24) is 10.3 Å². The minimum Gasteiger partial charge on any atom is -0.347 e. The lowest BCUT2D eigenvalue weighted by atomic mass is 10.2. The van der Waals surface area contributed by atoms with Gasteiger partial charge >= 0.3 is 0 Å². The van der Waals surface area contributed by atoms with E-state index in [1.54, 1.807) is 24.3 Å². The molecule has 0 aliphatic heterocycles. The highest BCUT2D eigenvalue weighted by Crippen LogP contribution is 2.15. The Kier molecular flexibility index (Phi) is 4.66. The van der Waals surface area contributed by atoms with Gasteiger partial charge in [-0.15, -0.1) is 0 Å². The highest BCUT2D eigenvalue weighted by atomic mass is 79.9. The van der Waals surface area contributed by atoms with Gasteiger partial charge in [-0.2, -0.15) is 0 Å². The Morgan fingerprint density at radius 3 is 2.63 bits per heavy atom. The first-order valence-corrected chi connectivity index (χ1v) is 6.98. The molecule has 0 unspecified atom stereocenters. The Balaban J connectivity index is 2.04. The third-order valence-corrected chi connectivity index (χ3v) is 3.37. The van der Waals surface area contributed by atoms with Crippen molar-refractivity contribution in [2.24, 2.45) is 0 Å². The van der Waals surface area contributed by atoms with Crippen molar-refractivity contribution >= 4 is 37.8 Å². The Bertz CT molecular complexity index is 602. The molecule has 0 aliphatic rings. The molecule has 0 saturated carbocycles. The van der Waals surface area contributed by atoms with Crippen LogP contribution < -0.4 is 5.32 Å². The van der Waals surface area contributed by atoms with Crippen molar-refractivity contribution in [2.45, 2.75) is 6.54 Å². The van der Waals surface area contributed by atoms with E-state index in [-0.39, 0.29) is 18.3 Å². The van der Waals surface area contributed by atoms with Gasteiger partial charge in [0, 0.05) is 27.3 Å². The number of nitrogens with one attached hydrogen (secondary N) is 1. The maximum absolute atomic E-state index is 13.5. The van der Waals surface area contributed by atoms with Crippen LogP contribution in [0.1, 0.15) is 16.1 Å². The van der Waals surface area contributed by atoms with E-state index in [1.807, 2.05) is 0 Å². The Labute approximate surface area is 126 Å². The van der Waals surface area contributed by atoms with Crippen LogP contribution in [0.5, 0.6) is 0 Å². The summed E-state index contributed by atoms with van der Waals surface area (Å²) < 4.78 is 15.0. The number of nitrogens with zero attached hydrogens (tertiary/aromatic N) is 1. The molecule has 3 nitrogen and oxygen atoms in total. The fraction of sp³-hybridized carbons (Fsp3) is 0.0769. The largest absolute Gasteiger partial charge is 0.347 e. The van der Waals surface area contributed by atoms with E-state index in [0.29, 0.717) is 11.3 Å². The minimum absolute atomic E-state index is 0.113. The molecule has 0 radical (unpaired) electrons. The van der Waals surface area contributed by atoms with Gasteiger partial charge in [0.05, 0.1) is 0 Å². The van der Waals surface area contributed by atoms with Gasteiger partial charge in [-0.3, -0.25) is 4.79 Å². The number of benzene rings is 1. The van der Waals surface area contributed by atoms with Gasteiger partial charge in [0.2, 0.25) is 0 Å². The molecule has 2 rings (SSSR count). The molecular formula is C13H9Br2FN2O. The number of pyridine rings is 1. The predicted molar refractivity (Wildman–Crippen MR) is 77.2 cm³/mol.